The Labute approximate surface area is 117 Å². The van der Waals surface area contributed by atoms with Crippen molar-refractivity contribution in [3.05, 3.63) is 29.8 Å². The van der Waals surface area contributed by atoms with Crippen molar-refractivity contribution in [3.8, 4) is 6.07 Å². The van der Waals surface area contributed by atoms with Crippen molar-refractivity contribution in [2.24, 2.45) is 0 Å². The van der Waals surface area contributed by atoms with E-state index < -0.39 is 18.0 Å². The van der Waals surface area contributed by atoms with Crippen LogP contribution in [0.2, 0.25) is 0 Å². The van der Waals surface area contributed by atoms with E-state index in [0.29, 0.717) is 24.9 Å². The predicted molar refractivity (Wildman–Crippen MR) is 74.2 cm³/mol. The average molecular weight is 275 g/mol. The second-order valence-corrected chi connectivity index (χ2v) is 4.31. The lowest BCUT2D eigenvalue weighted by Gasteiger charge is -2.14. The second kappa shape index (κ2) is 7.79. The van der Waals surface area contributed by atoms with E-state index in [1.54, 1.807) is 24.3 Å². The molecule has 0 aliphatic heterocycles. The first kappa shape index (κ1) is 15.5. The maximum absolute atomic E-state index is 11.7. The SMILES string of the molecule is CCC[C@H](NC(=O)Nc1ccc(CC#N)cc1)C(=O)O. The minimum absolute atomic E-state index is 0.310. The van der Waals surface area contributed by atoms with E-state index in [2.05, 4.69) is 10.6 Å². The van der Waals surface area contributed by atoms with Crippen molar-refractivity contribution >= 4 is 17.7 Å². The fraction of sp³-hybridized carbons (Fsp3) is 0.357. The number of nitriles is 1. The number of nitrogens with one attached hydrogen (secondary N) is 2. The number of benzene rings is 1. The Morgan fingerprint density at radius 2 is 2.00 bits per heavy atom. The highest BCUT2D eigenvalue weighted by Crippen LogP contribution is 2.10. The number of rotatable bonds is 6. The van der Waals surface area contributed by atoms with Crippen molar-refractivity contribution in [3.63, 3.8) is 0 Å². The zero-order valence-electron chi connectivity index (χ0n) is 11.2. The van der Waals surface area contributed by atoms with E-state index in [1.165, 1.54) is 0 Å². The normalized spacial score (nSPS) is 11.2. The van der Waals surface area contributed by atoms with Gasteiger partial charge in [0.2, 0.25) is 0 Å². The van der Waals surface area contributed by atoms with E-state index >= 15 is 0 Å². The molecule has 6 heteroatoms. The van der Waals surface area contributed by atoms with Crippen molar-refractivity contribution in [1.82, 2.24) is 5.32 Å². The quantitative estimate of drug-likeness (QED) is 0.740. The molecule has 0 unspecified atom stereocenters. The minimum Gasteiger partial charge on any atom is -0.480 e. The molecule has 2 amide bonds. The maximum Gasteiger partial charge on any atom is 0.326 e. The molecule has 3 N–H and O–H groups in total. The molecule has 0 aromatic heterocycles. The summed E-state index contributed by atoms with van der Waals surface area (Å²) in [6, 6.07) is 7.39. The number of carboxylic acids is 1. The van der Waals surface area contributed by atoms with Crippen LogP contribution in [0.25, 0.3) is 0 Å². The Kier molecular flexibility index (Phi) is 6.04. The number of carboxylic acid groups (broad SMARTS) is 1. The summed E-state index contributed by atoms with van der Waals surface area (Å²) in [5.41, 5.74) is 1.40. The summed E-state index contributed by atoms with van der Waals surface area (Å²) < 4.78 is 0. The van der Waals surface area contributed by atoms with Gasteiger partial charge in [0.1, 0.15) is 6.04 Å². The van der Waals surface area contributed by atoms with E-state index in [4.69, 9.17) is 10.4 Å². The summed E-state index contributed by atoms with van der Waals surface area (Å²) in [5.74, 6) is -1.05. The van der Waals surface area contributed by atoms with Gasteiger partial charge in [-0.2, -0.15) is 5.26 Å². The van der Waals surface area contributed by atoms with E-state index in [0.717, 1.165) is 5.56 Å². The predicted octanol–water partition coefficient (Wildman–Crippen LogP) is 2.13. The molecule has 20 heavy (non-hydrogen) atoms. The molecule has 0 radical (unpaired) electrons. The van der Waals surface area contributed by atoms with Gasteiger partial charge in [-0.05, 0) is 24.1 Å². The molecule has 1 atom stereocenters. The third-order valence-electron chi connectivity index (χ3n) is 2.68. The number of anilines is 1. The first-order valence-electron chi connectivity index (χ1n) is 6.33. The van der Waals surface area contributed by atoms with Crippen LogP contribution in [0.1, 0.15) is 25.3 Å². The molecular weight excluding hydrogens is 258 g/mol. The van der Waals surface area contributed by atoms with Crippen LogP contribution >= 0.6 is 0 Å². The third kappa shape index (κ3) is 4.98. The number of amides is 2. The molecule has 0 saturated heterocycles. The highest BCUT2D eigenvalue weighted by molar-refractivity contribution is 5.92. The van der Waals surface area contributed by atoms with Crippen molar-refractivity contribution in [2.45, 2.75) is 32.2 Å². The fourth-order valence-electron chi connectivity index (χ4n) is 1.67. The standard InChI is InChI=1S/C14H17N3O3/c1-2-3-12(13(18)19)17-14(20)16-11-6-4-10(5-7-11)8-9-15/h4-7,12H,2-3,8H2,1H3,(H,18,19)(H2,16,17,20)/t12-/m0/s1. The molecule has 0 aliphatic rings. The summed E-state index contributed by atoms with van der Waals surface area (Å²) in [5, 5.41) is 22.5. The van der Waals surface area contributed by atoms with Crippen LogP contribution in [0.5, 0.6) is 0 Å². The Balaban J connectivity index is 2.57. The molecule has 1 rings (SSSR count). The number of urea groups is 1. The molecule has 6 nitrogen and oxygen atoms in total. The molecule has 0 saturated carbocycles. The topological polar surface area (TPSA) is 102 Å². The first-order chi connectivity index (χ1) is 9.56. The van der Waals surface area contributed by atoms with Gasteiger partial charge in [0.25, 0.3) is 0 Å². The van der Waals surface area contributed by atoms with Crippen LogP contribution in [0.3, 0.4) is 0 Å². The Bertz CT molecular complexity index is 505. The minimum atomic E-state index is -1.05. The largest absolute Gasteiger partial charge is 0.480 e. The summed E-state index contributed by atoms with van der Waals surface area (Å²) >= 11 is 0. The molecule has 0 spiro atoms. The van der Waals surface area contributed by atoms with Gasteiger partial charge in [0.15, 0.2) is 0 Å². The lowest BCUT2D eigenvalue weighted by atomic mass is 10.1. The van der Waals surface area contributed by atoms with Crippen LogP contribution in [0.15, 0.2) is 24.3 Å². The number of carbonyl (C=O) groups excluding carboxylic acids is 1. The average Bonchev–Trinajstić information content (AvgIpc) is 2.40. The number of hydrogen-bond acceptors (Lipinski definition) is 3. The second-order valence-electron chi connectivity index (χ2n) is 4.31. The van der Waals surface area contributed by atoms with Gasteiger partial charge in [-0.25, -0.2) is 9.59 Å². The summed E-state index contributed by atoms with van der Waals surface area (Å²) in [4.78, 5) is 22.6. The zero-order valence-corrected chi connectivity index (χ0v) is 11.2. The van der Waals surface area contributed by atoms with Crippen LogP contribution in [0, 0.1) is 11.3 Å². The lowest BCUT2D eigenvalue weighted by Crippen LogP contribution is -2.42. The van der Waals surface area contributed by atoms with Gasteiger partial charge in [0, 0.05) is 5.69 Å². The van der Waals surface area contributed by atoms with E-state index in [1.807, 2.05) is 13.0 Å². The van der Waals surface area contributed by atoms with Crippen LogP contribution in [-0.2, 0) is 11.2 Å². The Morgan fingerprint density at radius 3 is 2.50 bits per heavy atom. The maximum atomic E-state index is 11.7. The summed E-state index contributed by atoms with van der Waals surface area (Å²) in [7, 11) is 0. The molecule has 0 bridgehead atoms. The van der Waals surface area contributed by atoms with Gasteiger partial charge in [0.05, 0.1) is 12.5 Å². The molecule has 0 aliphatic carbocycles. The Hall–Kier alpha value is -2.55. The molecule has 1 aromatic carbocycles. The molecule has 0 fully saturated rings. The summed E-state index contributed by atoms with van der Waals surface area (Å²) in [6.07, 6.45) is 1.36. The highest BCUT2D eigenvalue weighted by Gasteiger charge is 2.18. The van der Waals surface area contributed by atoms with Gasteiger partial charge in [-0.3, -0.25) is 0 Å². The molecule has 0 heterocycles. The zero-order chi connectivity index (χ0) is 15.0. The van der Waals surface area contributed by atoms with Crippen LogP contribution < -0.4 is 10.6 Å². The monoisotopic (exact) mass is 275 g/mol. The lowest BCUT2D eigenvalue weighted by molar-refractivity contribution is -0.139. The third-order valence-corrected chi connectivity index (χ3v) is 2.68. The summed E-state index contributed by atoms with van der Waals surface area (Å²) in [6.45, 7) is 1.85. The molecular formula is C14H17N3O3. The number of nitrogens with zero attached hydrogens (tertiary/aromatic N) is 1. The highest BCUT2D eigenvalue weighted by atomic mass is 16.4. The van der Waals surface area contributed by atoms with E-state index in [9.17, 15) is 9.59 Å². The molecule has 106 valence electrons. The van der Waals surface area contributed by atoms with Crippen LogP contribution in [0.4, 0.5) is 10.5 Å². The van der Waals surface area contributed by atoms with Gasteiger partial charge in [-0.15, -0.1) is 0 Å². The number of aliphatic carboxylic acids is 1. The fourth-order valence-corrected chi connectivity index (χ4v) is 1.67. The Morgan fingerprint density at radius 1 is 1.35 bits per heavy atom. The number of hydrogen-bond donors (Lipinski definition) is 3. The van der Waals surface area contributed by atoms with Crippen LogP contribution in [-0.4, -0.2) is 23.1 Å². The first-order valence-corrected chi connectivity index (χ1v) is 6.33. The molecule has 1 aromatic rings. The smallest absolute Gasteiger partial charge is 0.326 e. The van der Waals surface area contributed by atoms with Crippen molar-refractivity contribution < 1.29 is 14.7 Å². The van der Waals surface area contributed by atoms with E-state index in [-0.39, 0.29) is 0 Å². The van der Waals surface area contributed by atoms with Crippen molar-refractivity contribution in [2.75, 3.05) is 5.32 Å². The number of carbonyl (C=O) groups is 2. The van der Waals surface area contributed by atoms with Crippen molar-refractivity contribution in [1.29, 1.82) is 5.26 Å². The van der Waals surface area contributed by atoms with Gasteiger partial charge < -0.3 is 15.7 Å². The van der Waals surface area contributed by atoms with Gasteiger partial charge in [-0.1, -0.05) is 25.5 Å². The van der Waals surface area contributed by atoms with Gasteiger partial charge >= 0.3 is 12.0 Å².